The van der Waals surface area contributed by atoms with Crippen molar-refractivity contribution in [3.63, 3.8) is 0 Å². The predicted molar refractivity (Wildman–Crippen MR) is 111 cm³/mol. The number of fused-ring (bicyclic) bond motifs is 5. The number of esters is 2. The van der Waals surface area contributed by atoms with E-state index in [1.165, 1.54) is 25.8 Å². The molecule has 0 heterocycles. The van der Waals surface area contributed by atoms with E-state index in [0.717, 1.165) is 38.5 Å². The zero-order valence-corrected chi connectivity index (χ0v) is 19.1. The van der Waals surface area contributed by atoms with Crippen LogP contribution in [-0.2, 0) is 19.1 Å². The maximum Gasteiger partial charge on any atom is 0.302 e. The second kappa shape index (κ2) is 7.14. The van der Waals surface area contributed by atoms with Gasteiger partial charge in [-0.15, -0.1) is 0 Å². The van der Waals surface area contributed by atoms with Gasteiger partial charge in [0.05, 0.1) is 0 Å². The molecule has 0 radical (unpaired) electrons. The lowest BCUT2D eigenvalue weighted by Gasteiger charge is -2.59. The molecule has 0 amide bonds. The topological polar surface area (TPSA) is 52.6 Å². The SMILES string of the molecule is CC(=O)O[C@H]1CC[C@@]2(C)C(=C[C@@H](Br)C3C2CC[C@@]2(C)C3CC[C@@H]2OC(C)=O)C1. The first-order chi connectivity index (χ1) is 13.1. The lowest BCUT2D eigenvalue weighted by atomic mass is 9.48. The molecule has 156 valence electrons. The lowest BCUT2D eigenvalue weighted by molar-refractivity contribution is -0.156. The van der Waals surface area contributed by atoms with Gasteiger partial charge in [-0.05, 0) is 61.7 Å². The van der Waals surface area contributed by atoms with Crippen LogP contribution in [0, 0.1) is 28.6 Å². The van der Waals surface area contributed by atoms with Crippen LogP contribution in [0.5, 0.6) is 0 Å². The summed E-state index contributed by atoms with van der Waals surface area (Å²) < 4.78 is 11.3. The smallest absolute Gasteiger partial charge is 0.302 e. The van der Waals surface area contributed by atoms with Crippen LogP contribution in [0.4, 0.5) is 0 Å². The van der Waals surface area contributed by atoms with Gasteiger partial charge in [0.15, 0.2) is 0 Å². The van der Waals surface area contributed by atoms with Gasteiger partial charge in [-0.3, -0.25) is 9.59 Å². The lowest BCUT2D eigenvalue weighted by Crippen LogP contribution is -2.54. The van der Waals surface area contributed by atoms with E-state index >= 15 is 0 Å². The average molecular weight is 453 g/mol. The third-order valence-corrected chi connectivity index (χ3v) is 9.47. The predicted octanol–water partition coefficient (Wildman–Crippen LogP) is 5.19. The van der Waals surface area contributed by atoms with Crippen molar-refractivity contribution in [1.82, 2.24) is 0 Å². The molecule has 0 bridgehead atoms. The fourth-order valence-corrected chi connectivity index (χ4v) is 8.31. The van der Waals surface area contributed by atoms with Gasteiger partial charge in [-0.25, -0.2) is 0 Å². The molecular formula is C23H33BrO4. The second-order valence-corrected chi connectivity index (χ2v) is 11.1. The van der Waals surface area contributed by atoms with Crippen LogP contribution in [0.3, 0.4) is 0 Å². The number of alkyl halides is 1. The Balaban J connectivity index is 1.61. The van der Waals surface area contributed by atoms with Gasteiger partial charge in [0.2, 0.25) is 0 Å². The molecule has 4 nitrogen and oxygen atoms in total. The summed E-state index contributed by atoms with van der Waals surface area (Å²) in [5.41, 5.74) is 1.77. The zero-order valence-electron chi connectivity index (χ0n) is 17.5. The van der Waals surface area contributed by atoms with Crippen LogP contribution in [0.15, 0.2) is 11.6 Å². The summed E-state index contributed by atoms with van der Waals surface area (Å²) >= 11 is 4.03. The number of hydrogen-bond donors (Lipinski definition) is 0. The molecular weight excluding hydrogens is 420 g/mol. The Hall–Kier alpha value is -0.840. The number of ether oxygens (including phenoxy) is 2. The Morgan fingerprint density at radius 2 is 1.71 bits per heavy atom. The Morgan fingerprint density at radius 3 is 2.39 bits per heavy atom. The minimum atomic E-state index is -0.172. The van der Waals surface area contributed by atoms with E-state index in [4.69, 9.17) is 9.47 Å². The van der Waals surface area contributed by atoms with Gasteiger partial charge in [-0.1, -0.05) is 41.4 Å². The standard InChI is InChI=1S/C23H33BrO4/c1-13(25)27-16-7-9-22(3)15(11-16)12-19(24)21-17-5-6-20(28-14(2)26)23(17,4)10-8-18(21)22/h12,16-21H,5-11H2,1-4H3/t16-,17?,18?,19+,20-,21?,22-,23-/m0/s1. The van der Waals surface area contributed by atoms with Crippen molar-refractivity contribution in [2.24, 2.45) is 28.6 Å². The summed E-state index contributed by atoms with van der Waals surface area (Å²) in [6, 6.07) is 0. The van der Waals surface area contributed by atoms with Crippen LogP contribution in [0.25, 0.3) is 0 Å². The summed E-state index contributed by atoms with van der Waals surface area (Å²) in [7, 11) is 0. The monoisotopic (exact) mass is 452 g/mol. The molecule has 0 aromatic carbocycles. The average Bonchev–Trinajstić information content (AvgIpc) is 2.92. The van der Waals surface area contributed by atoms with Crippen LogP contribution in [0.2, 0.25) is 0 Å². The molecule has 0 spiro atoms. The maximum atomic E-state index is 11.6. The Morgan fingerprint density at radius 1 is 1.00 bits per heavy atom. The normalized spacial score (nSPS) is 47.2. The summed E-state index contributed by atoms with van der Waals surface area (Å²) in [6.45, 7) is 7.84. The molecule has 0 aromatic heterocycles. The van der Waals surface area contributed by atoms with Crippen molar-refractivity contribution in [1.29, 1.82) is 0 Å². The fourth-order valence-electron chi connectivity index (χ4n) is 7.25. The van der Waals surface area contributed by atoms with Gasteiger partial charge in [0.1, 0.15) is 12.2 Å². The number of hydrogen-bond acceptors (Lipinski definition) is 4. The highest BCUT2D eigenvalue weighted by Crippen LogP contribution is 2.66. The van der Waals surface area contributed by atoms with Gasteiger partial charge >= 0.3 is 11.9 Å². The minimum Gasteiger partial charge on any atom is -0.462 e. The number of allylic oxidation sites excluding steroid dienone is 1. The first-order valence-corrected chi connectivity index (χ1v) is 11.8. The Labute approximate surface area is 176 Å². The molecule has 8 atom stereocenters. The highest BCUT2D eigenvalue weighted by atomic mass is 79.9. The van der Waals surface area contributed by atoms with Gasteiger partial charge in [-0.2, -0.15) is 0 Å². The second-order valence-electron chi connectivity index (χ2n) is 10.0. The quantitative estimate of drug-likeness (QED) is 0.328. The van der Waals surface area contributed by atoms with Crippen LogP contribution < -0.4 is 0 Å². The van der Waals surface area contributed by atoms with Crippen molar-refractivity contribution < 1.29 is 19.1 Å². The fraction of sp³-hybridized carbons (Fsp3) is 0.826. The molecule has 4 rings (SSSR count). The summed E-state index contributed by atoms with van der Waals surface area (Å²) in [4.78, 5) is 23.4. The zero-order chi connectivity index (χ0) is 20.3. The largest absolute Gasteiger partial charge is 0.462 e. The van der Waals surface area contributed by atoms with Crippen molar-refractivity contribution >= 4 is 27.9 Å². The van der Waals surface area contributed by atoms with E-state index in [-0.39, 0.29) is 35.0 Å². The van der Waals surface area contributed by atoms with E-state index in [1.54, 1.807) is 0 Å². The molecule has 28 heavy (non-hydrogen) atoms. The van der Waals surface area contributed by atoms with Crippen LogP contribution in [-0.4, -0.2) is 29.0 Å². The molecule has 3 fully saturated rings. The Bertz CT molecular complexity index is 703. The molecule has 3 unspecified atom stereocenters. The van der Waals surface area contributed by atoms with E-state index in [1.807, 2.05) is 0 Å². The van der Waals surface area contributed by atoms with Crippen molar-refractivity contribution in [2.45, 2.75) is 89.7 Å². The van der Waals surface area contributed by atoms with Crippen molar-refractivity contribution in [3.05, 3.63) is 11.6 Å². The number of carbonyl (C=O) groups is 2. The minimum absolute atomic E-state index is 0.0294. The van der Waals surface area contributed by atoms with E-state index in [2.05, 4.69) is 35.9 Å². The van der Waals surface area contributed by atoms with E-state index in [9.17, 15) is 9.59 Å². The van der Waals surface area contributed by atoms with Crippen LogP contribution >= 0.6 is 15.9 Å². The van der Waals surface area contributed by atoms with Gasteiger partial charge < -0.3 is 9.47 Å². The number of halogens is 1. The first-order valence-electron chi connectivity index (χ1n) is 10.8. The third kappa shape index (κ3) is 3.16. The molecule has 0 saturated heterocycles. The number of rotatable bonds is 2. The maximum absolute atomic E-state index is 11.6. The van der Waals surface area contributed by atoms with Crippen molar-refractivity contribution in [2.75, 3.05) is 0 Å². The molecule has 0 aliphatic heterocycles. The highest BCUT2D eigenvalue weighted by Gasteiger charge is 2.61. The molecule has 5 heteroatoms. The third-order valence-electron chi connectivity index (χ3n) is 8.60. The van der Waals surface area contributed by atoms with E-state index in [0.29, 0.717) is 22.6 Å². The molecule has 0 aromatic rings. The number of carbonyl (C=O) groups excluding carboxylic acids is 2. The molecule has 3 saturated carbocycles. The summed E-state index contributed by atoms with van der Waals surface area (Å²) in [5.74, 6) is 1.49. The van der Waals surface area contributed by atoms with E-state index < -0.39 is 0 Å². The van der Waals surface area contributed by atoms with Gasteiger partial charge in [0, 0.05) is 30.5 Å². The first kappa shape index (κ1) is 20.4. The van der Waals surface area contributed by atoms with Crippen LogP contribution in [0.1, 0.15) is 72.6 Å². The Kier molecular flexibility index (Phi) is 5.21. The summed E-state index contributed by atoms with van der Waals surface area (Å²) in [6.07, 6.45) is 9.90. The molecule has 0 N–H and O–H groups in total. The highest BCUT2D eigenvalue weighted by molar-refractivity contribution is 9.09. The van der Waals surface area contributed by atoms with Crippen molar-refractivity contribution in [3.8, 4) is 0 Å². The molecule has 4 aliphatic rings. The molecule has 4 aliphatic carbocycles. The van der Waals surface area contributed by atoms with Gasteiger partial charge in [0.25, 0.3) is 0 Å². The summed E-state index contributed by atoms with van der Waals surface area (Å²) in [5, 5.41) is 0.